The molecule has 1 aromatic rings. The van der Waals surface area contributed by atoms with E-state index in [0.29, 0.717) is 11.1 Å². The molecule has 0 radical (unpaired) electrons. The first-order chi connectivity index (χ1) is 8.88. The second-order valence-corrected chi connectivity index (χ2v) is 6.66. The summed E-state index contributed by atoms with van der Waals surface area (Å²) in [5.41, 5.74) is 0.873. The molecule has 0 aromatic heterocycles. The van der Waals surface area contributed by atoms with Gasteiger partial charge in [-0.05, 0) is 31.2 Å². The molecule has 5 nitrogen and oxygen atoms in total. The van der Waals surface area contributed by atoms with E-state index in [4.69, 9.17) is 5.26 Å². The molecular weight excluding hydrogens is 264 g/mol. The first-order valence-electron chi connectivity index (χ1n) is 5.89. The van der Waals surface area contributed by atoms with Crippen LogP contribution in [0.4, 0.5) is 0 Å². The lowest BCUT2D eigenvalue weighted by Crippen LogP contribution is -2.37. The quantitative estimate of drug-likeness (QED) is 0.875. The van der Waals surface area contributed by atoms with Gasteiger partial charge < -0.3 is 5.32 Å². The standard InChI is InChI=1S/C13H16N2O3S/c1-3-19(17,18)9-10(2)15-13(16)12-6-4-11(8-14)5-7-12/h4-7,10H,3,9H2,1-2H3,(H,15,16). The van der Waals surface area contributed by atoms with Crippen molar-refractivity contribution < 1.29 is 13.2 Å². The van der Waals surface area contributed by atoms with E-state index in [-0.39, 0.29) is 17.4 Å². The Morgan fingerprint density at radius 1 is 1.37 bits per heavy atom. The summed E-state index contributed by atoms with van der Waals surface area (Å²) in [6, 6.07) is 7.67. The van der Waals surface area contributed by atoms with E-state index in [0.717, 1.165) is 0 Å². The number of nitrogens with zero attached hydrogens (tertiary/aromatic N) is 1. The van der Waals surface area contributed by atoms with Crippen molar-refractivity contribution >= 4 is 15.7 Å². The number of amides is 1. The third-order valence-corrected chi connectivity index (χ3v) is 4.48. The van der Waals surface area contributed by atoms with Gasteiger partial charge in [-0.25, -0.2) is 8.42 Å². The number of benzene rings is 1. The van der Waals surface area contributed by atoms with Gasteiger partial charge in [-0.3, -0.25) is 4.79 Å². The summed E-state index contributed by atoms with van der Waals surface area (Å²) in [5, 5.41) is 11.3. The van der Waals surface area contributed by atoms with Gasteiger partial charge in [0.15, 0.2) is 9.84 Å². The zero-order valence-corrected chi connectivity index (χ0v) is 11.7. The highest BCUT2D eigenvalue weighted by Crippen LogP contribution is 2.04. The molecule has 0 aliphatic carbocycles. The van der Waals surface area contributed by atoms with Crippen molar-refractivity contribution in [1.29, 1.82) is 5.26 Å². The average molecular weight is 280 g/mol. The van der Waals surface area contributed by atoms with Gasteiger partial charge in [0, 0.05) is 17.4 Å². The molecule has 1 unspecified atom stereocenters. The number of nitriles is 1. The molecule has 0 fully saturated rings. The van der Waals surface area contributed by atoms with Crippen LogP contribution in [0.1, 0.15) is 29.8 Å². The number of carbonyl (C=O) groups is 1. The zero-order chi connectivity index (χ0) is 14.5. The number of sulfone groups is 1. The van der Waals surface area contributed by atoms with Crippen molar-refractivity contribution in [2.24, 2.45) is 0 Å². The van der Waals surface area contributed by atoms with Crippen molar-refractivity contribution in [1.82, 2.24) is 5.32 Å². The first-order valence-corrected chi connectivity index (χ1v) is 7.71. The fraction of sp³-hybridized carbons (Fsp3) is 0.385. The highest BCUT2D eigenvalue weighted by atomic mass is 32.2. The Bertz CT molecular complexity index is 585. The summed E-state index contributed by atoms with van der Waals surface area (Å²) < 4.78 is 22.8. The second-order valence-electron chi connectivity index (χ2n) is 4.26. The van der Waals surface area contributed by atoms with E-state index in [1.165, 1.54) is 12.1 Å². The van der Waals surface area contributed by atoms with Crippen molar-refractivity contribution in [3.8, 4) is 6.07 Å². The molecule has 1 amide bonds. The van der Waals surface area contributed by atoms with Gasteiger partial charge >= 0.3 is 0 Å². The Hall–Kier alpha value is -1.87. The summed E-state index contributed by atoms with van der Waals surface area (Å²) in [7, 11) is -3.11. The third kappa shape index (κ3) is 4.72. The number of hydrogen-bond donors (Lipinski definition) is 1. The maximum Gasteiger partial charge on any atom is 0.251 e. The molecular formula is C13H16N2O3S. The Morgan fingerprint density at radius 3 is 2.42 bits per heavy atom. The number of nitrogens with one attached hydrogen (secondary N) is 1. The SMILES string of the molecule is CCS(=O)(=O)CC(C)NC(=O)c1ccc(C#N)cc1. The second kappa shape index (κ2) is 6.34. The Kier molecular flexibility index (Phi) is 5.07. The van der Waals surface area contributed by atoms with Crippen molar-refractivity contribution in [2.75, 3.05) is 11.5 Å². The summed E-state index contributed by atoms with van der Waals surface area (Å²) in [6.45, 7) is 3.22. The van der Waals surface area contributed by atoms with Gasteiger partial charge in [0.2, 0.25) is 0 Å². The molecule has 0 heterocycles. The van der Waals surface area contributed by atoms with Crippen LogP contribution in [-0.2, 0) is 9.84 Å². The molecule has 19 heavy (non-hydrogen) atoms. The summed E-state index contributed by atoms with van der Waals surface area (Å²) in [4.78, 5) is 11.8. The summed E-state index contributed by atoms with van der Waals surface area (Å²) >= 11 is 0. The largest absolute Gasteiger partial charge is 0.349 e. The number of rotatable bonds is 5. The van der Waals surface area contributed by atoms with Gasteiger partial charge in [-0.2, -0.15) is 5.26 Å². The Labute approximate surface area is 113 Å². The molecule has 1 aromatic carbocycles. The van der Waals surface area contributed by atoms with Crippen LogP contribution in [0.15, 0.2) is 24.3 Å². The van der Waals surface area contributed by atoms with Gasteiger partial charge in [0.05, 0.1) is 17.4 Å². The molecule has 0 aliphatic rings. The number of hydrogen-bond acceptors (Lipinski definition) is 4. The fourth-order valence-corrected chi connectivity index (χ4v) is 2.62. The fourth-order valence-electron chi connectivity index (χ4n) is 1.54. The monoisotopic (exact) mass is 280 g/mol. The van der Waals surface area contributed by atoms with E-state index in [2.05, 4.69) is 5.32 Å². The van der Waals surface area contributed by atoms with Crippen LogP contribution in [0.2, 0.25) is 0 Å². The van der Waals surface area contributed by atoms with Crippen LogP contribution >= 0.6 is 0 Å². The minimum absolute atomic E-state index is 0.0596. The van der Waals surface area contributed by atoms with Crippen LogP contribution in [0.25, 0.3) is 0 Å². The Morgan fingerprint density at radius 2 is 1.95 bits per heavy atom. The topological polar surface area (TPSA) is 87.0 Å². The van der Waals surface area contributed by atoms with E-state index in [1.807, 2.05) is 6.07 Å². The first kappa shape index (κ1) is 15.2. The van der Waals surface area contributed by atoms with E-state index >= 15 is 0 Å². The maximum absolute atomic E-state index is 11.8. The maximum atomic E-state index is 11.8. The van der Waals surface area contributed by atoms with Gasteiger partial charge in [0.1, 0.15) is 0 Å². The minimum Gasteiger partial charge on any atom is -0.349 e. The Balaban J connectivity index is 2.67. The van der Waals surface area contributed by atoms with Gasteiger partial charge in [-0.1, -0.05) is 6.92 Å². The molecule has 0 bridgehead atoms. The highest BCUT2D eigenvalue weighted by molar-refractivity contribution is 7.91. The predicted molar refractivity (Wildman–Crippen MR) is 72.4 cm³/mol. The smallest absolute Gasteiger partial charge is 0.251 e. The molecule has 0 saturated carbocycles. The summed E-state index contributed by atoms with van der Waals surface area (Å²) in [5.74, 6) is -0.362. The van der Waals surface area contributed by atoms with Crippen molar-refractivity contribution in [2.45, 2.75) is 19.9 Å². The van der Waals surface area contributed by atoms with Crippen LogP contribution in [0, 0.1) is 11.3 Å². The third-order valence-electron chi connectivity index (χ3n) is 2.60. The summed E-state index contributed by atoms with van der Waals surface area (Å²) in [6.07, 6.45) is 0. The van der Waals surface area contributed by atoms with Crippen LogP contribution in [0.3, 0.4) is 0 Å². The molecule has 0 spiro atoms. The molecule has 1 atom stereocenters. The molecule has 1 N–H and O–H groups in total. The van der Waals surface area contributed by atoms with Crippen LogP contribution < -0.4 is 5.32 Å². The lowest BCUT2D eigenvalue weighted by Gasteiger charge is -2.13. The molecule has 0 saturated heterocycles. The zero-order valence-electron chi connectivity index (χ0n) is 10.9. The van der Waals surface area contributed by atoms with Gasteiger partial charge in [-0.15, -0.1) is 0 Å². The van der Waals surface area contributed by atoms with Crippen molar-refractivity contribution in [3.05, 3.63) is 35.4 Å². The van der Waals surface area contributed by atoms with E-state index < -0.39 is 15.9 Å². The molecule has 6 heteroatoms. The predicted octanol–water partition coefficient (Wildman–Crippen LogP) is 1.11. The molecule has 0 aliphatic heterocycles. The highest BCUT2D eigenvalue weighted by Gasteiger charge is 2.16. The molecule has 102 valence electrons. The van der Waals surface area contributed by atoms with E-state index in [9.17, 15) is 13.2 Å². The molecule has 1 rings (SSSR count). The number of carbonyl (C=O) groups excluding carboxylic acids is 1. The minimum atomic E-state index is -3.11. The van der Waals surface area contributed by atoms with Crippen LogP contribution in [-0.4, -0.2) is 31.9 Å². The van der Waals surface area contributed by atoms with Crippen LogP contribution in [0.5, 0.6) is 0 Å². The lowest BCUT2D eigenvalue weighted by molar-refractivity contribution is 0.0943. The normalized spacial score (nSPS) is 12.5. The van der Waals surface area contributed by atoms with E-state index in [1.54, 1.807) is 26.0 Å². The van der Waals surface area contributed by atoms with Gasteiger partial charge in [0.25, 0.3) is 5.91 Å². The average Bonchev–Trinajstić information content (AvgIpc) is 2.38. The van der Waals surface area contributed by atoms with Crippen molar-refractivity contribution in [3.63, 3.8) is 0 Å². The lowest BCUT2D eigenvalue weighted by atomic mass is 10.1.